The Morgan fingerprint density at radius 1 is 1.35 bits per heavy atom. The fraction of sp³-hybridized carbons (Fsp3) is 0.500. The molecule has 0 aromatic heterocycles. The number of hydrogen-bond donors (Lipinski definition) is 2. The lowest BCUT2D eigenvalue weighted by Gasteiger charge is -2.23. The lowest BCUT2D eigenvalue weighted by atomic mass is 10.4. The van der Waals surface area contributed by atoms with Gasteiger partial charge in [0, 0.05) is 4.47 Å². The van der Waals surface area contributed by atoms with E-state index in [0.717, 1.165) is 37.3 Å². The SMILES string of the molecule is O=S(=O)(NCC[NH+]1CCOCC1)c1ccc(Br)cc1Cl. The van der Waals surface area contributed by atoms with Crippen molar-refractivity contribution in [2.45, 2.75) is 4.90 Å². The minimum atomic E-state index is -3.56. The molecule has 0 amide bonds. The number of quaternary nitrogens is 1. The number of rotatable bonds is 5. The van der Waals surface area contributed by atoms with Crippen molar-refractivity contribution in [1.29, 1.82) is 0 Å². The number of morpholine rings is 1. The minimum Gasteiger partial charge on any atom is -0.370 e. The second-order valence-corrected chi connectivity index (χ2v) is 7.64. The van der Waals surface area contributed by atoms with Crippen LogP contribution in [-0.4, -0.2) is 47.8 Å². The molecule has 0 aliphatic carbocycles. The molecule has 112 valence electrons. The van der Waals surface area contributed by atoms with Gasteiger partial charge in [-0.05, 0) is 18.2 Å². The molecule has 1 aliphatic rings. The molecule has 0 spiro atoms. The van der Waals surface area contributed by atoms with Gasteiger partial charge in [0.25, 0.3) is 0 Å². The van der Waals surface area contributed by atoms with Gasteiger partial charge in [0.05, 0.1) is 31.3 Å². The van der Waals surface area contributed by atoms with Crippen LogP contribution in [0.15, 0.2) is 27.6 Å². The number of sulfonamides is 1. The van der Waals surface area contributed by atoms with Crippen molar-refractivity contribution in [3.8, 4) is 0 Å². The average molecular weight is 385 g/mol. The molecule has 2 rings (SSSR count). The van der Waals surface area contributed by atoms with Gasteiger partial charge >= 0.3 is 0 Å². The van der Waals surface area contributed by atoms with Crippen molar-refractivity contribution in [2.75, 3.05) is 39.4 Å². The van der Waals surface area contributed by atoms with Crippen LogP contribution < -0.4 is 9.62 Å². The zero-order valence-electron chi connectivity index (χ0n) is 10.9. The molecular weight excluding hydrogens is 368 g/mol. The van der Waals surface area contributed by atoms with E-state index >= 15 is 0 Å². The second kappa shape index (κ2) is 7.20. The Morgan fingerprint density at radius 3 is 2.70 bits per heavy atom. The summed E-state index contributed by atoms with van der Waals surface area (Å²) >= 11 is 9.22. The number of halogens is 2. The maximum atomic E-state index is 12.2. The molecule has 0 bridgehead atoms. The van der Waals surface area contributed by atoms with E-state index in [1.165, 1.54) is 11.0 Å². The van der Waals surface area contributed by atoms with Crippen molar-refractivity contribution in [2.24, 2.45) is 0 Å². The van der Waals surface area contributed by atoms with Gasteiger partial charge in [0.15, 0.2) is 0 Å². The first kappa shape index (κ1) is 16.2. The predicted molar refractivity (Wildman–Crippen MR) is 80.7 cm³/mol. The zero-order valence-corrected chi connectivity index (χ0v) is 14.0. The van der Waals surface area contributed by atoms with E-state index in [0.29, 0.717) is 6.54 Å². The third-order valence-corrected chi connectivity index (χ3v) is 5.59. The Kier molecular flexibility index (Phi) is 5.83. The maximum absolute atomic E-state index is 12.2. The lowest BCUT2D eigenvalue weighted by Crippen LogP contribution is -3.14. The van der Waals surface area contributed by atoms with E-state index in [2.05, 4.69) is 20.7 Å². The number of nitrogens with one attached hydrogen (secondary N) is 2. The highest BCUT2D eigenvalue weighted by atomic mass is 79.9. The molecule has 8 heteroatoms. The molecule has 20 heavy (non-hydrogen) atoms. The molecule has 0 radical (unpaired) electrons. The highest BCUT2D eigenvalue weighted by molar-refractivity contribution is 9.10. The summed E-state index contributed by atoms with van der Waals surface area (Å²) in [5.74, 6) is 0. The van der Waals surface area contributed by atoms with Gasteiger partial charge in [-0.15, -0.1) is 0 Å². The van der Waals surface area contributed by atoms with Crippen molar-refractivity contribution in [3.05, 3.63) is 27.7 Å². The Balaban J connectivity index is 1.93. The van der Waals surface area contributed by atoms with Crippen LogP contribution in [0.25, 0.3) is 0 Å². The Hall–Kier alpha value is -0.180. The first-order chi connectivity index (χ1) is 9.49. The summed E-state index contributed by atoms with van der Waals surface area (Å²) in [6.45, 7) is 4.45. The summed E-state index contributed by atoms with van der Waals surface area (Å²) in [6, 6.07) is 4.73. The fourth-order valence-corrected chi connectivity index (χ4v) is 4.11. The molecule has 1 aromatic rings. The summed E-state index contributed by atoms with van der Waals surface area (Å²) in [5, 5.41) is 0.214. The molecular formula is C12H17BrClN2O3S+. The molecule has 2 N–H and O–H groups in total. The molecule has 1 saturated heterocycles. The Bertz CT molecular complexity index is 562. The highest BCUT2D eigenvalue weighted by Gasteiger charge is 2.19. The largest absolute Gasteiger partial charge is 0.370 e. The van der Waals surface area contributed by atoms with Crippen LogP contribution in [0.4, 0.5) is 0 Å². The third-order valence-electron chi connectivity index (χ3n) is 3.15. The minimum absolute atomic E-state index is 0.111. The van der Waals surface area contributed by atoms with Crippen molar-refractivity contribution >= 4 is 37.6 Å². The van der Waals surface area contributed by atoms with Gasteiger partial charge in [-0.3, -0.25) is 0 Å². The average Bonchev–Trinajstić information content (AvgIpc) is 2.39. The van der Waals surface area contributed by atoms with Crippen LogP contribution in [0.5, 0.6) is 0 Å². The monoisotopic (exact) mass is 383 g/mol. The van der Waals surface area contributed by atoms with Gasteiger partial charge in [0.2, 0.25) is 10.0 Å². The van der Waals surface area contributed by atoms with E-state index in [4.69, 9.17) is 16.3 Å². The fourth-order valence-electron chi connectivity index (χ4n) is 2.04. The van der Waals surface area contributed by atoms with Crippen LogP contribution in [0, 0.1) is 0 Å². The Morgan fingerprint density at radius 2 is 2.05 bits per heavy atom. The summed E-state index contributed by atoms with van der Waals surface area (Å²) in [4.78, 5) is 1.46. The van der Waals surface area contributed by atoms with E-state index < -0.39 is 10.0 Å². The van der Waals surface area contributed by atoms with Gasteiger partial charge in [-0.2, -0.15) is 0 Å². The molecule has 1 aromatic carbocycles. The van der Waals surface area contributed by atoms with E-state index in [1.807, 2.05) is 0 Å². The van der Waals surface area contributed by atoms with Gasteiger partial charge in [0.1, 0.15) is 18.0 Å². The van der Waals surface area contributed by atoms with E-state index in [-0.39, 0.29) is 9.92 Å². The second-order valence-electron chi connectivity index (χ2n) is 4.58. The predicted octanol–water partition coefficient (Wildman–Crippen LogP) is 0.296. The number of benzene rings is 1. The molecule has 1 aliphatic heterocycles. The van der Waals surface area contributed by atoms with Crippen molar-refractivity contribution in [3.63, 3.8) is 0 Å². The third kappa shape index (κ3) is 4.41. The summed E-state index contributed by atoms with van der Waals surface area (Å²) in [6.07, 6.45) is 0. The van der Waals surface area contributed by atoms with Gasteiger partial charge < -0.3 is 9.64 Å². The van der Waals surface area contributed by atoms with Crippen LogP contribution >= 0.6 is 27.5 Å². The van der Waals surface area contributed by atoms with Gasteiger partial charge in [-0.25, -0.2) is 13.1 Å². The van der Waals surface area contributed by atoms with Crippen LogP contribution in [-0.2, 0) is 14.8 Å². The van der Waals surface area contributed by atoms with Crippen molar-refractivity contribution in [1.82, 2.24) is 4.72 Å². The lowest BCUT2D eigenvalue weighted by molar-refractivity contribution is -0.906. The smallest absolute Gasteiger partial charge is 0.242 e. The quantitative estimate of drug-likeness (QED) is 0.767. The van der Waals surface area contributed by atoms with Crippen LogP contribution in [0.1, 0.15) is 0 Å². The first-order valence-corrected chi connectivity index (χ1v) is 9.00. The first-order valence-electron chi connectivity index (χ1n) is 6.35. The van der Waals surface area contributed by atoms with Gasteiger partial charge in [-0.1, -0.05) is 27.5 Å². The molecule has 5 nitrogen and oxygen atoms in total. The normalized spacial score (nSPS) is 17.3. The number of hydrogen-bond acceptors (Lipinski definition) is 3. The summed E-state index contributed by atoms with van der Waals surface area (Å²) < 4.78 is 32.9. The molecule has 0 atom stereocenters. The molecule has 1 heterocycles. The molecule has 1 fully saturated rings. The topological polar surface area (TPSA) is 59.8 Å². The van der Waals surface area contributed by atoms with E-state index in [9.17, 15) is 8.42 Å². The summed E-state index contributed by atoms with van der Waals surface area (Å²) in [5.41, 5.74) is 0. The standard InChI is InChI=1S/C12H16BrClN2O3S/c13-10-1-2-12(11(14)9-10)20(17,18)15-3-4-16-5-7-19-8-6-16/h1-2,9,15H,3-8H2/p+1. The molecule has 0 saturated carbocycles. The molecule has 0 unspecified atom stereocenters. The number of ether oxygens (including phenoxy) is 1. The van der Waals surface area contributed by atoms with E-state index in [1.54, 1.807) is 12.1 Å². The maximum Gasteiger partial charge on any atom is 0.242 e. The van der Waals surface area contributed by atoms with Crippen LogP contribution in [0.2, 0.25) is 5.02 Å². The Labute approximate surface area is 132 Å². The van der Waals surface area contributed by atoms with Crippen LogP contribution in [0.3, 0.4) is 0 Å². The summed E-state index contributed by atoms with van der Waals surface area (Å²) in [7, 11) is -3.56. The zero-order chi connectivity index (χ0) is 14.6. The van der Waals surface area contributed by atoms with Crippen molar-refractivity contribution < 1.29 is 18.1 Å². The highest BCUT2D eigenvalue weighted by Crippen LogP contribution is 2.24.